The SMILES string of the molecule is Cc1cc2nn(-c3ccc(Cl)cc3)nc2cc1NC(=O)COc1ccc(C(C)(C)C)cc1. The summed E-state index contributed by atoms with van der Waals surface area (Å²) in [5, 5.41) is 12.6. The van der Waals surface area contributed by atoms with Gasteiger partial charge in [0.15, 0.2) is 6.61 Å². The first-order valence-electron chi connectivity index (χ1n) is 10.4. The predicted octanol–water partition coefficient (Wildman–Crippen LogP) is 5.70. The second-order valence-electron chi connectivity index (χ2n) is 8.73. The molecular weight excluding hydrogens is 424 g/mol. The molecule has 0 aliphatic rings. The van der Waals surface area contributed by atoms with E-state index in [0.717, 1.165) is 16.8 Å². The number of rotatable bonds is 5. The summed E-state index contributed by atoms with van der Waals surface area (Å²) in [6, 6.07) is 18.8. The number of carbonyl (C=O) groups is 1. The maximum absolute atomic E-state index is 12.5. The third-order valence-corrected chi connectivity index (χ3v) is 5.40. The molecule has 1 N–H and O–H groups in total. The maximum Gasteiger partial charge on any atom is 0.262 e. The van der Waals surface area contributed by atoms with Crippen LogP contribution in [0.5, 0.6) is 5.75 Å². The maximum atomic E-state index is 12.5. The lowest BCUT2D eigenvalue weighted by atomic mass is 9.87. The van der Waals surface area contributed by atoms with Crippen molar-refractivity contribution in [3.05, 3.63) is 76.8 Å². The van der Waals surface area contributed by atoms with Gasteiger partial charge in [-0.1, -0.05) is 44.5 Å². The highest BCUT2D eigenvalue weighted by Gasteiger charge is 2.14. The Bertz CT molecular complexity index is 1260. The van der Waals surface area contributed by atoms with Crippen molar-refractivity contribution in [2.24, 2.45) is 0 Å². The monoisotopic (exact) mass is 448 g/mol. The fraction of sp³-hybridized carbons (Fsp3) is 0.240. The number of benzene rings is 3. The van der Waals surface area contributed by atoms with E-state index in [2.05, 4.69) is 36.3 Å². The molecule has 4 aromatic rings. The van der Waals surface area contributed by atoms with Gasteiger partial charge in [0, 0.05) is 10.7 Å². The third-order valence-electron chi connectivity index (χ3n) is 5.15. The number of carbonyl (C=O) groups excluding carboxylic acids is 1. The average molecular weight is 449 g/mol. The molecule has 0 unspecified atom stereocenters. The normalized spacial score (nSPS) is 11.5. The lowest BCUT2D eigenvalue weighted by molar-refractivity contribution is -0.118. The van der Waals surface area contributed by atoms with E-state index < -0.39 is 0 Å². The predicted molar refractivity (Wildman–Crippen MR) is 128 cm³/mol. The van der Waals surface area contributed by atoms with Crippen molar-refractivity contribution in [3.63, 3.8) is 0 Å². The third kappa shape index (κ3) is 4.92. The van der Waals surface area contributed by atoms with Crippen LogP contribution < -0.4 is 10.1 Å². The van der Waals surface area contributed by atoms with Gasteiger partial charge in [0.05, 0.1) is 5.69 Å². The lowest BCUT2D eigenvalue weighted by Crippen LogP contribution is -2.20. The minimum Gasteiger partial charge on any atom is -0.484 e. The Kier molecular flexibility index (Phi) is 5.89. The van der Waals surface area contributed by atoms with E-state index in [1.165, 1.54) is 5.56 Å². The van der Waals surface area contributed by atoms with Crippen LogP contribution in [0.15, 0.2) is 60.7 Å². The van der Waals surface area contributed by atoms with Gasteiger partial charge in [0.2, 0.25) is 0 Å². The molecule has 0 radical (unpaired) electrons. The van der Waals surface area contributed by atoms with E-state index in [4.69, 9.17) is 16.3 Å². The van der Waals surface area contributed by atoms with Crippen LogP contribution in [0.25, 0.3) is 16.7 Å². The van der Waals surface area contributed by atoms with Gasteiger partial charge in [-0.2, -0.15) is 4.80 Å². The summed E-state index contributed by atoms with van der Waals surface area (Å²) in [6.45, 7) is 8.31. The molecule has 0 atom stereocenters. The quantitative estimate of drug-likeness (QED) is 0.425. The van der Waals surface area contributed by atoms with E-state index in [1.54, 1.807) is 16.9 Å². The van der Waals surface area contributed by atoms with Crippen molar-refractivity contribution < 1.29 is 9.53 Å². The molecule has 0 spiro atoms. The molecule has 0 aliphatic carbocycles. The molecule has 6 nitrogen and oxygen atoms in total. The molecule has 32 heavy (non-hydrogen) atoms. The smallest absolute Gasteiger partial charge is 0.262 e. The van der Waals surface area contributed by atoms with Gasteiger partial charge in [-0.15, -0.1) is 10.2 Å². The molecule has 4 rings (SSSR count). The van der Waals surface area contributed by atoms with E-state index in [1.807, 2.05) is 55.5 Å². The first-order valence-corrected chi connectivity index (χ1v) is 10.7. The molecule has 0 saturated carbocycles. The van der Waals surface area contributed by atoms with Gasteiger partial charge in [0.1, 0.15) is 16.8 Å². The summed E-state index contributed by atoms with van der Waals surface area (Å²) >= 11 is 5.96. The van der Waals surface area contributed by atoms with Gasteiger partial charge < -0.3 is 10.1 Å². The molecule has 3 aromatic carbocycles. The largest absolute Gasteiger partial charge is 0.484 e. The van der Waals surface area contributed by atoms with Crippen molar-refractivity contribution in [3.8, 4) is 11.4 Å². The molecule has 1 aromatic heterocycles. The number of hydrogen-bond donors (Lipinski definition) is 1. The number of hydrogen-bond acceptors (Lipinski definition) is 4. The van der Waals surface area contributed by atoms with Gasteiger partial charge in [-0.3, -0.25) is 4.79 Å². The summed E-state index contributed by atoms with van der Waals surface area (Å²) in [6.07, 6.45) is 0. The van der Waals surface area contributed by atoms with Crippen LogP contribution >= 0.6 is 11.6 Å². The Morgan fingerprint density at radius 3 is 2.25 bits per heavy atom. The molecule has 0 bridgehead atoms. The summed E-state index contributed by atoms with van der Waals surface area (Å²) < 4.78 is 5.65. The van der Waals surface area contributed by atoms with Crippen LogP contribution in [0.2, 0.25) is 5.02 Å². The number of aromatic nitrogens is 3. The number of nitrogens with one attached hydrogen (secondary N) is 1. The van der Waals surface area contributed by atoms with E-state index in [-0.39, 0.29) is 17.9 Å². The van der Waals surface area contributed by atoms with Gasteiger partial charge in [-0.05, 0) is 72.0 Å². The molecule has 164 valence electrons. The van der Waals surface area contributed by atoms with Crippen LogP contribution in [0.1, 0.15) is 31.9 Å². The Hall–Kier alpha value is -3.38. The van der Waals surface area contributed by atoms with E-state index in [9.17, 15) is 4.79 Å². The Morgan fingerprint density at radius 1 is 1.00 bits per heavy atom. The number of ether oxygens (including phenoxy) is 1. The Labute approximate surface area is 192 Å². The highest BCUT2D eigenvalue weighted by molar-refractivity contribution is 6.30. The number of fused-ring (bicyclic) bond motifs is 1. The molecule has 1 heterocycles. The number of aryl methyl sites for hydroxylation is 1. The topological polar surface area (TPSA) is 69.0 Å². The molecule has 7 heteroatoms. The van der Waals surface area contributed by atoms with Crippen LogP contribution in [-0.4, -0.2) is 27.5 Å². The molecule has 1 amide bonds. The second-order valence-corrected chi connectivity index (χ2v) is 9.17. The zero-order chi connectivity index (χ0) is 22.9. The van der Waals surface area contributed by atoms with Gasteiger partial charge in [-0.25, -0.2) is 0 Å². The zero-order valence-corrected chi connectivity index (χ0v) is 19.3. The van der Waals surface area contributed by atoms with Crippen molar-refractivity contribution in [1.29, 1.82) is 0 Å². The Balaban J connectivity index is 1.44. The zero-order valence-electron chi connectivity index (χ0n) is 18.5. The molecular formula is C25H25ClN4O2. The number of halogens is 1. The highest BCUT2D eigenvalue weighted by atomic mass is 35.5. The minimum absolute atomic E-state index is 0.0709. The van der Waals surface area contributed by atoms with Gasteiger partial charge >= 0.3 is 0 Å². The summed E-state index contributed by atoms with van der Waals surface area (Å²) in [4.78, 5) is 14.0. The number of amides is 1. The molecule has 0 aliphatic heterocycles. The fourth-order valence-electron chi connectivity index (χ4n) is 3.28. The summed E-state index contributed by atoms with van der Waals surface area (Å²) in [5.41, 5.74) is 5.08. The van der Waals surface area contributed by atoms with Crippen LogP contribution in [0.4, 0.5) is 5.69 Å². The minimum atomic E-state index is -0.238. The van der Waals surface area contributed by atoms with Crippen molar-refractivity contribution in [2.45, 2.75) is 33.1 Å². The Morgan fingerprint density at radius 2 is 1.62 bits per heavy atom. The van der Waals surface area contributed by atoms with Crippen LogP contribution in [0, 0.1) is 6.92 Å². The average Bonchev–Trinajstić information content (AvgIpc) is 3.15. The fourth-order valence-corrected chi connectivity index (χ4v) is 3.40. The number of anilines is 1. The highest BCUT2D eigenvalue weighted by Crippen LogP contribution is 2.25. The van der Waals surface area contributed by atoms with E-state index >= 15 is 0 Å². The second kappa shape index (κ2) is 8.63. The standard InChI is InChI=1S/C25H25ClN4O2/c1-16-13-22-23(29-30(28-22)19-9-7-18(26)8-10-19)14-21(16)27-24(31)15-32-20-11-5-17(6-12-20)25(2,3)4/h5-14H,15H2,1-4H3,(H,27,31). The van der Waals surface area contributed by atoms with Crippen molar-refractivity contribution >= 4 is 34.2 Å². The van der Waals surface area contributed by atoms with Crippen molar-refractivity contribution in [2.75, 3.05) is 11.9 Å². The van der Waals surface area contributed by atoms with Crippen LogP contribution in [-0.2, 0) is 10.2 Å². The molecule has 0 fully saturated rings. The first kappa shape index (κ1) is 21.8. The van der Waals surface area contributed by atoms with Gasteiger partial charge in [0.25, 0.3) is 5.91 Å². The van der Waals surface area contributed by atoms with Crippen LogP contribution in [0.3, 0.4) is 0 Å². The van der Waals surface area contributed by atoms with Crippen molar-refractivity contribution in [1.82, 2.24) is 15.0 Å². The number of nitrogens with zero attached hydrogens (tertiary/aromatic N) is 3. The lowest BCUT2D eigenvalue weighted by Gasteiger charge is -2.19. The van der Waals surface area contributed by atoms with E-state index in [0.29, 0.717) is 22.0 Å². The summed E-state index contributed by atoms with van der Waals surface area (Å²) in [7, 11) is 0. The first-order chi connectivity index (χ1) is 15.2. The summed E-state index contributed by atoms with van der Waals surface area (Å²) in [5.74, 6) is 0.420. The molecule has 0 saturated heterocycles.